The summed E-state index contributed by atoms with van der Waals surface area (Å²) in [6.07, 6.45) is 0. The van der Waals surface area contributed by atoms with E-state index in [4.69, 9.17) is 9.47 Å². The summed E-state index contributed by atoms with van der Waals surface area (Å²) in [6.45, 7) is 0.800. The SMILES string of the molecule is O=C(Nc1ccc(OCc2ccccc2)cc1)c1cc(C(=O)Nc2ccc(OCc3ccccc3)cc2)cc([N+](=O)[O-])c1. The van der Waals surface area contributed by atoms with E-state index in [9.17, 15) is 19.7 Å². The van der Waals surface area contributed by atoms with Crippen LogP contribution >= 0.6 is 0 Å². The lowest BCUT2D eigenvalue weighted by Crippen LogP contribution is -2.16. The summed E-state index contributed by atoms with van der Waals surface area (Å²) in [6, 6.07) is 36.5. The second kappa shape index (κ2) is 13.6. The van der Waals surface area contributed by atoms with Crippen LogP contribution in [0.1, 0.15) is 31.8 Å². The van der Waals surface area contributed by atoms with Crippen LogP contribution < -0.4 is 20.1 Å². The summed E-state index contributed by atoms with van der Waals surface area (Å²) >= 11 is 0. The van der Waals surface area contributed by atoms with Crippen LogP contribution in [0.3, 0.4) is 0 Å². The molecule has 2 N–H and O–H groups in total. The van der Waals surface area contributed by atoms with Gasteiger partial charge in [0.1, 0.15) is 24.7 Å². The fourth-order valence-electron chi connectivity index (χ4n) is 4.14. The molecule has 0 saturated carbocycles. The highest BCUT2D eigenvalue weighted by Crippen LogP contribution is 2.23. The quantitative estimate of drug-likeness (QED) is 0.127. The van der Waals surface area contributed by atoms with Crippen LogP contribution in [0.2, 0.25) is 0 Å². The summed E-state index contributed by atoms with van der Waals surface area (Å²) in [7, 11) is 0. The Morgan fingerprint density at radius 2 is 0.977 bits per heavy atom. The highest BCUT2D eigenvalue weighted by molar-refractivity contribution is 6.09. The van der Waals surface area contributed by atoms with E-state index in [0.29, 0.717) is 36.1 Å². The van der Waals surface area contributed by atoms with Gasteiger partial charge in [0.2, 0.25) is 0 Å². The molecule has 5 aromatic carbocycles. The number of carbonyl (C=O) groups is 2. The Balaban J connectivity index is 1.22. The van der Waals surface area contributed by atoms with E-state index in [-0.39, 0.29) is 16.8 Å². The number of amides is 2. The minimum atomic E-state index is -0.648. The van der Waals surface area contributed by atoms with Gasteiger partial charge < -0.3 is 20.1 Å². The van der Waals surface area contributed by atoms with E-state index in [1.54, 1.807) is 48.5 Å². The summed E-state index contributed by atoms with van der Waals surface area (Å²) in [5.41, 5.74) is 2.52. The second-order valence-corrected chi connectivity index (χ2v) is 9.53. The molecule has 214 valence electrons. The Bertz CT molecular complexity index is 1590. The van der Waals surface area contributed by atoms with Crippen LogP contribution in [0.5, 0.6) is 11.5 Å². The standard InChI is InChI=1S/C34H27N3O6/c38-33(35-28-11-15-31(16-12-28)42-22-24-7-3-1-4-8-24)26-19-27(21-30(20-26)37(40)41)34(39)36-29-13-17-32(18-14-29)43-23-25-9-5-2-6-10-25/h1-21H,22-23H2,(H,35,38)(H,36,39). The molecule has 0 aliphatic carbocycles. The van der Waals surface area contributed by atoms with Gasteiger partial charge in [-0.3, -0.25) is 19.7 Å². The lowest BCUT2D eigenvalue weighted by Gasteiger charge is -2.10. The number of rotatable bonds is 11. The molecule has 9 heteroatoms. The Morgan fingerprint density at radius 3 is 1.35 bits per heavy atom. The van der Waals surface area contributed by atoms with Crippen LogP contribution in [0.4, 0.5) is 17.1 Å². The zero-order valence-electron chi connectivity index (χ0n) is 22.9. The van der Waals surface area contributed by atoms with Gasteiger partial charge in [-0.1, -0.05) is 60.7 Å². The van der Waals surface area contributed by atoms with E-state index in [2.05, 4.69) is 10.6 Å². The van der Waals surface area contributed by atoms with Gasteiger partial charge in [0.25, 0.3) is 17.5 Å². The zero-order chi connectivity index (χ0) is 30.0. The summed E-state index contributed by atoms with van der Waals surface area (Å²) in [5.74, 6) is 0.0325. The van der Waals surface area contributed by atoms with Crippen molar-refractivity contribution in [1.29, 1.82) is 0 Å². The summed E-state index contributed by atoms with van der Waals surface area (Å²) in [5, 5.41) is 17.0. The molecule has 2 amide bonds. The van der Waals surface area contributed by atoms with Crippen molar-refractivity contribution in [2.24, 2.45) is 0 Å². The average Bonchev–Trinajstić information content (AvgIpc) is 3.05. The Morgan fingerprint density at radius 1 is 0.581 bits per heavy atom. The van der Waals surface area contributed by atoms with E-state index in [0.717, 1.165) is 23.3 Å². The van der Waals surface area contributed by atoms with Crippen molar-refractivity contribution < 1.29 is 24.0 Å². The molecule has 0 fully saturated rings. The molecule has 0 unspecified atom stereocenters. The number of carbonyl (C=O) groups excluding carboxylic acids is 2. The molecule has 43 heavy (non-hydrogen) atoms. The van der Waals surface area contributed by atoms with Crippen molar-refractivity contribution in [2.45, 2.75) is 13.2 Å². The number of anilines is 2. The fourth-order valence-corrected chi connectivity index (χ4v) is 4.14. The minimum absolute atomic E-state index is 0.0339. The highest BCUT2D eigenvalue weighted by atomic mass is 16.6. The van der Waals surface area contributed by atoms with Crippen LogP contribution in [0.15, 0.2) is 127 Å². The van der Waals surface area contributed by atoms with Crippen molar-refractivity contribution >= 4 is 28.9 Å². The van der Waals surface area contributed by atoms with Crippen molar-refractivity contribution in [3.63, 3.8) is 0 Å². The number of hydrogen-bond donors (Lipinski definition) is 2. The molecular formula is C34H27N3O6. The number of ether oxygens (including phenoxy) is 2. The molecule has 0 radical (unpaired) electrons. The molecule has 0 aliphatic heterocycles. The number of non-ortho nitro benzene ring substituents is 1. The summed E-state index contributed by atoms with van der Waals surface area (Å²) < 4.78 is 11.5. The molecule has 0 atom stereocenters. The number of benzene rings is 5. The number of hydrogen-bond acceptors (Lipinski definition) is 6. The molecule has 0 aromatic heterocycles. The zero-order valence-corrected chi connectivity index (χ0v) is 22.9. The lowest BCUT2D eigenvalue weighted by molar-refractivity contribution is -0.384. The fraction of sp³-hybridized carbons (Fsp3) is 0.0588. The molecule has 0 aliphatic rings. The van der Waals surface area contributed by atoms with Crippen LogP contribution in [0, 0.1) is 10.1 Å². The van der Waals surface area contributed by atoms with Gasteiger partial charge in [0.15, 0.2) is 0 Å². The van der Waals surface area contributed by atoms with Gasteiger partial charge in [0, 0.05) is 34.6 Å². The van der Waals surface area contributed by atoms with E-state index < -0.39 is 16.7 Å². The Hall–Kier alpha value is -5.96. The lowest BCUT2D eigenvalue weighted by atomic mass is 10.1. The third-order valence-electron chi connectivity index (χ3n) is 6.37. The van der Waals surface area contributed by atoms with Gasteiger partial charge in [-0.25, -0.2) is 0 Å². The topological polar surface area (TPSA) is 120 Å². The van der Waals surface area contributed by atoms with Gasteiger partial charge in [-0.15, -0.1) is 0 Å². The first-order valence-electron chi connectivity index (χ1n) is 13.4. The van der Waals surface area contributed by atoms with Crippen molar-refractivity contribution in [3.8, 4) is 11.5 Å². The van der Waals surface area contributed by atoms with Gasteiger partial charge in [-0.2, -0.15) is 0 Å². The molecule has 0 spiro atoms. The molecule has 0 bridgehead atoms. The molecule has 0 heterocycles. The van der Waals surface area contributed by atoms with E-state index in [1.165, 1.54) is 6.07 Å². The first-order valence-corrected chi connectivity index (χ1v) is 13.4. The third-order valence-corrected chi connectivity index (χ3v) is 6.37. The minimum Gasteiger partial charge on any atom is -0.489 e. The third kappa shape index (κ3) is 8.05. The van der Waals surface area contributed by atoms with Crippen molar-refractivity contribution in [2.75, 3.05) is 10.6 Å². The van der Waals surface area contributed by atoms with Gasteiger partial charge >= 0.3 is 0 Å². The van der Waals surface area contributed by atoms with E-state index >= 15 is 0 Å². The number of nitrogens with one attached hydrogen (secondary N) is 2. The molecule has 5 aromatic rings. The van der Waals surface area contributed by atoms with Gasteiger partial charge in [0.05, 0.1) is 4.92 Å². The van der Waals surface area contributed by atoms with Crippen molar-refractivity contribution in [3.05, 3.63) is 160 Å². The first-order chi connectivity index (χ1) is 20.9. The van der Waals surface area contributed by atoms with E-state index in [1.807, 2.05) is 60.7 Å². The predicted molar refractivity (Wildman–Crippen MR) is 163 cm³/mol. The van der Waals surface area contributed by atoms with Gasteiger partial charge in [-0.05, 0) is 65.7 Å². The number of nitrogens with zero attached hydrogens (tertiary/aromatic N) is 1. The van der Waals surface area contributed by atoms with Crippen LogP contribution in [0.25, 0.3) is 0 Å². The largest absolute Gasteiger partial charge is 0.489 e. The maximum Gasteiger partial charge on any atom is 0.271 e. The smallest absolute Gasteiger partial charge is 0.271 e. The normalized spacial score (nSPS) is 10.4. The first kappa shape index (κ1) is 28.6. The number of nitro benzene ring substituents is 1. The monoisotopic (exact) mass is 573 g/mol. The average molecular weight is 574 g/mol. The predicted octanol–water partition coefficient (Wildman–Crippen LogP) is 7.26. The highest BCUT2D eigenvalue weighted by Gasteiger charge is 2.19. The summed E-state index contributed by atoms with van der Waals surface area (Å²) in [4.78, 5) is 37.0. The molecule has 0 saturated heterocycles. The number of nitro groups is 1. The van der Waals surface area contributed by atoms with Crippen molar-refractivity contribution in [1.82, 2.24) is 0 Å². The second-order valence-electron chi connectivity index (χ2n) is 9.53. The Labute approximate surface area is 247 Å². The van der Waals surface area contributed by atoms with Crippen LogP contribution in [-0.2, 0) is 13.2 Å². The maximum absolute atomic E-state index is 13.0. The molecular weight excluding hydrogens is 546 g/mol. The molecule has 5 rings (SSSR count). The van der Waals surface area contributed by atoms with Crippen LogP contribution in [-0.4, -0.2) is 16.7 Å². The Kier molecular flexibility index (Phi) is 9.03. The molecule has 9 nitrogen and oxygen atoms in total. The maximum atomic E-state index is 13.0.